The first-order valence-electron chi connectivity index (χ1n) is 6.36. The van der Waals surface area contributed by atoms with Gasteiger partial charge in [0.05, 0.1) is 0 Å². The van der Waals surface area contributed by atoms with Crippen LogP contribution in [0.3, 0.4) is 0 Å². The second kappa shape index (κ2) is 8.12. The molecule has 5 heteroatoms. The molecule has 0 bridgehead atoms. The van der Waals surface area contributed by atoms with Gasteiger partial charge < -0.3 is 9.47 Å². The van der Waals surface area contributed by atoms with E-state index >= 15 is 0 Å². The average Bonchev–Trinajstić information content (AvgIpc) is 2.52. The van der Waals surface area contributed by atoms with Crippen molar-refractivity contribution in [3.8, 4) is 5.75 Å². The highest BCUT2D eigenvalue weighted by molar-refractivity contribution is 8.76. The van der Waals surface area contributed by atoms with Crippen LogP contribution in [0.4, 0.5) is 0 Å². The zero-order chi connectivity index (χ0) is 15.1. The van der Waals surface area contributed by atoms with E-state index in [0.29, 0.717) is 0 Å². The molecule has 0 heterocycles. The first-order valence-corrected chi connectivity index (χ1v) is 8.51. The van der Waals surface area contributed by atoms with Crippen molar-refractivity contribution in [2.75, 3.05) is 13.9 Å². The topological polar surface area (TPSA) is 35.5 Å². The molecule has 0 radical (unpaired) electrons. The summed E-state index contributed by atoms with van der Waals surface area (Å²) in [6.45, 7) is 1.83. The largest absolute Gasteiger partial charge is 0.468 e. The normalized spacial score (nSPS) is 10.4. The van der Waals surface area contributed by atoms with Gasteiger partial charge in [0.15, 0.2) is 12.6 Å². The van der Waals surface area contributed by atoms with E-state index in [1.807, 2.05) is 48.5 Å². The SMILES string of the molecule is COCOc1ccc(SSc2ccc(C(C)=O)cc2)cc1. The Balaban J connectivity index is 1.88. The Bertz CT molecular complexity index is 579. The molecule has 0 atom stereocenters. The van der Waals surface area contributed by atoms with Crippen molar-refractivity contribution in [2.45, 2.75) is 16.7 Å². The lowest BCUT2D eigenvalue weighted by Gasteiger charge is -2.06. The van der Waals surface area contributed by atoms with E-state index in [9.17, 15) is 4.79 Å². The van der Waals surface area contributed by atoms with Gasteiger partial charge in [-0.05, 0) is 43.3 Å². The highest BCUT2D eigenvalue weighted by Crippen LogP contribution is 2.37. The number of hydrogen-bond acceptors (Lipinski definition) is 5. The van der Waals surface area contributed by atoms with Crippen LogP contribution in [0.1, 0.15) is 17.3 Å². The minimum Gasteiger partial charge on any atom is -0.468 e. The second-order valence-corrected chi connectivity index (χ2v) is 6.55. The van der Waals surface area contributed by atoms with Gasteiger partial charge in [0, 0.05) is 22.5 Å². The predicted molar refractivity (Wildman–Crippen MR) is 87.1 cm³/mol. The van der Waals surface area contributed by atoms with Gasteiger partial charge in [-0.2, -0.15) is 0 Å². The smallest absolute Gasteiger partial charge is 0.188 e. The van der Waals surface area contributed by atoms with E-state index in [2.05, 4.69) is 0 Å². The van der Waals surface area contributed by atoms with E-state index < -0.39 is 0 Å². The quantitative estimate of drug-likeness (QED) is 0.421. The van der Waals surface area contributed by atoms with E-state index in [4.69, 9.17) is 9.47 Å². The van der Waals surface area contributed by atoms with Crippen LogP contribution in [0.2, 0.25) is 0 Å². The van der Waals surface area contributed by atoms with E-state index in [-0.39, 0.29) is 12.6 Å². The van der Waals surface area contributed by atoms with Gasteiger partial charge in [0.25, 0.3) is 0 Å². The molecule has 0 spiro atoms. The molecular weight excluding hydrogens is 304 g/mol. The minimum atomic E-state index is 0.0888. The van der Waals surface area contributed by atoms with Gasteiger partial charge in [-0.25, -0.2) is 0 Å². The number of hydrogen-bond donors (Lipinski definition) is 0. The van der Waals surface area contributed by atoms with Crippen LogP contribution < -0.4 is 4.74 Å². The highest BCUT2D eigenvalue weighted by Gasteiger charge is 2.01. The first-order chi connectivity index (χ1) is 10.2. The van der Waals surface area contributed by atoms with Crippen molar-refractivity contribution >= 4 is 27.4 Å². The summed E-state index contributed by atoms with van der Waals surface area (Å²) in [5, 5.41) is 0. The molecule has 2 aromatic carbocycles. The van der Waals surface area contributed by atoms with Gasteiger partial charge in [0.2, 0.25) is 0 Å². The maximum Gasteiger partial charge on any atom is 0.188 e. The van der Waals surface area contributed by atoms with Crippen LogP contribution in [-0.4, -0.2) is 19.7 Å². The molecule has 110 valence electrons. The molecule has 0 aromatic heterocycles. The van der Waals surface area contributed by atoms with Crippen LogP contribution in [0.5, 0.6) is 5.75 Å². The van der Waals surface area contributed by atoms with Crippen LogP contribution in [0, 0.1) is 0 Å². The van der Waals surface area contributed by atoms with Gasteiger partial charge in [-0.3, -0.25) is 4.79 Å². The molecule has 21 heavy (non-hydrogen) atoms. The summed E-state index contributed by atoms with van der Waals surface area (Å²) in [6.07, 6.45) is 0. The van der Waals surface area contributed by atoms with Gasteiger partial charge >= 0.3 is 0 Å². The highest BCUT2D eigenvalue weighted by atomic mass is 33.1. The lowest BCUT2D eigenvalue weighted by atomic mass is 10.2. The van der Waals surface area contributed by atoms with E-state index in [0.717, 1.165) is 21.1 Å². The van der Waals surface area contributed by atoms with Crippen molar-refractivity contribution in [1.82, 2.24) is 0 Å². The average molecular weight is 320 g/mol. The molecular formula is C16H16O3S2. The molecule has 3 nitrogen and oxygen atoms in total. The summed E-state index contributed by atoms with van der Waals surface area (Å²) < 4.78 is 10.2. The molecule has 0 amide bonds. The monoisotopic (exact) mass is 320 g/mol. The van der Waals surface area contributed by atoms with Crippen LogP contribution in [0.25, 0.3) is 0 Å². The lowest BCUT2D eigenvalue weighted by molar-refractivity contribution is 0.0511. The Labute approximate surface area is 132 Å². The van der Waals surface area contributed by atoms with Crippen molar-refractivity contribution < 1.29 is 14.3 Å². The zero-order valence-electron chi connectivity index (χ0n) is 11.9. The van der Waals surface area contributed by atoms with Gasteiger partial charge in [-0.15, -0.1) is 0 Å². The Morgan fingerprint density at radius 2 is 1.48 bits per heavy atom. The molecule has 0 fully saturated rings. The molecule has 2 aromatic rings. The number of carbonyl (C=O) groups is 1. The summed E-state index contributed by atoms with van der Waals surface area (Å²) in [6, 6.07) is 15.5. The zero-order valence-corrected chi connectivity index (χ0v) is 13.5. The first kappa shape index (κ1) is 15.9. The molecule has 0 aliphatic heterocycles. The number of carbonyl (C=O) groups excluding carboxylic acids is 1. The number of benzene rings is 2. The fraction of sp³-hybridized carbons (Fsp3) is 0.188. The van der Waals surface area contributed by atoms with Crippen molar-refractivity contribution in [3.05, 3.63) is 54.1 Å². The summed E-state index contributed by atoms with van der Waals surface area (Å²) in [5.74, 6) is 0.878. The number of ketones is 1. The third-order valence-electron chi connectivity index (χ3n) is 2.66. The van der Waals surface area contributed by atoms with Crippen LogP contribution >= 0.6 is 21.6 Å². The molecule has 0 unspecified atom stereocenters. The Hall–Kier alpha value is -1.43. The van der Waals surface area contributed by atoms with Crippen molar-refractivity contribution in [2.24, 2.45) is 0 Å². The maximum absolute atomic E-state index is 11.2. The number of methoxy groups -OCH3 is 1. The molecule has 0 saturated carbocycles. The van der Waals surface area contributed by atoms with Gasteiger partial charge in [0.1, 0.15) is 5.75 Å². The number of rotatable bonds is 7. The van der Waals surface area contributed by atoms with E-state index in [1.165, 1.54) is 0 Å². The fourth-order valence-electron chi connectivity index (χ4n) is 1.56. The molecule has 0 aliphatic carbocycles. The second-order valence-electron chi connectivity index (χ2n) is 4.27. The summed E-state index contributed by atoms with van der Waals surface area (Å²) >= 11 is 0. The summed E-state index contributed by atoms with van der Waals surface area (Å²) in [7, 11) is 4.92. The Kier molecular flexibility index (Phi) is 6.17. The minimum absolute atomic E-state index is 0.0888. The summed E-state index contributed by atoms with van der Waals surface area (Å²) in [5.41, 5.74) is 0.740. The number of ether oxygens (including phenoxy) is 2. The number of Topliss-reactive ketones (excluding diaryl/α,β-unsaturated/α-hetero) is 1. The van der Waals surface area contributed by atoms with Gasteiger partial charge in [-0.1, -0.05) is 33.7 Å². The molecule has 2 rings (SSSR count). The Morgan fingerprint density at radius 1 is 0.952 bits per heavy atom. The standard InChI is InChI=1S/C16H16O3S2/c1-12(17)13-3-7-15(8-4-13)20-21-16-9-5-14(6-10-16)19-11-18-2/h3-10H,11H2,1-2H3. The fourth-order valence-corrected chi connectivity index (χ4v) is 3.49. The third kappa shape index (κ3) is 5.12. The molecule has 0 saturated heterocycles. The molecule has 0 aliphatic rings. The predicted octanol–water partition coefficient (Wildman–Crippen LogP) is 4.67. The van der Waals surface area contributed by atoms with Crippen molar-refractivity contribution in [3.63, 3.8) is 0 Å². The van der Waals surface area contributed by atoms with Crippen molar-refractivity contribution in [1.29, 1.82) is 0 Å². The summed E-state index contributed by atoms with van der Waals surface area (Å²) in [4.78, 5) is 13.5. The lowest BCUT2D eigenvalue weighted by Crippen LogP contribution is -1.98. The Morgan fingerprint density at radius 3 is 1.95 bits per heavy atom. The van der Waals surface area contributed by atoms with E-state index in [1.54, 1.807) is 35.6 Å². The van der Waals surface area contributed by atoms with Crippen LogP contribution in [-0.2, 0) is 4.74 Å². The molecule has 0 N–H and O–H groups in total. The van der Waals surface area contributed by atoms with Crippen LogP contribution in [0.15, 0.2) is 58.3 Å². The maximum atomic E-state index is 11.2. The third-order valence-corrected chi connectivity index (χ3v) is 5.08.